The van der Waals surface area contributed by atoms with Crippen molar-refractivity contribution in [1.29, 1.82) is 31.6 Å². The molecule has 0 heterocycles. The van der Waals surface area contributed by atoms with E-state index in [0.717, 1.165) is 24.8 Å². The summed E-state index contributed by atoms with van der Waals surface area (Å²) >= 11 is 0. The zero-order chi connectivity index (χ0) is 29.2. The molecular weight excluding hydrogens is 492 g/mol. The highest BCUT2D eigenvalue weighted by Crippen LogP contribution is 2.40. The van der Waals surface area contributed by atoms with Gasteiger partial charge in [0.1, 0.15) is 24.3 Å². The first-order valence-corrected chi connectivity index (χ1v) is 13.2. The summed E-state index contributed by atoms with van der Waals surface area (Å²) in [5.41, 5.74) is 4.78. The number of benzene rings is 3. The fraction of sp³-hybridized carbons (Fsp3) is 0.294. The third-order valence-corrected chi connectivity index (χ3v) is 7.45. The van der Waals surface area contributed by atoms with Gasteiger partial charge in [0.25, 0.3) is 0 Å². The Hall–Kier alpha value is -5.40. The molecule has 3 rings (SSSR count). The molecule has 0 bridgehead atoms. The van der Waals surface area contributed by atoms with Crippen LogP contribution in [0.4, 0.5) is 0 Å². The maximum atomic E-state index is 10.2. The smallest absolute Gasteiger partial charge is 0.101 e. The van der Waals surface area contributed by atoms with Gasteiger partial charge >= 0.3 is 0 Å². The lowest BCUT2D eigenvalue weighted by molar-refractivity contribution is 0.458. The molecule has 194 valence electrons. The van der Waals surface area contributed by atoms with E-state index in [9.17, 15) is 31.6 Å². The second kappa shape index (κ2) is 13.4. The van der Waals surface area contributed by atoms with Crippen LogP contribution in [0.5, 0.6) is 0 Å². The van der Waals surface area contributed by atoms with Crippen LogP contribution in [0.1, 0.15) is 79.3 Å². The van der Waals surface area contributed by atoms with E-state index in [1.165, 1.54) is 0 Å². The number of rotatable bonds is 9. The first-order chi connectivity index (χ1) is 19.4. The summed E-state index contributed by atoms with van der Waals surface area (Å²) in [5, 5.41) is 59.5. The summed E-state index contributed by atoms with van der Waals surface area (Å²) in [7, 11) is 0. The van der Waals surface area contributed by atoms with Gasteiger partial charge in [0.15, 0.2) is 0 Å². The van der Waals surface area contributed by atoms with E-state index < -0.39 is 17.8 Å². The van der Waals surface area contributed by atoms with Gasteiger partial charge in [0.2, 0.25) is 0 Å². The predicted octanol–water partition coefficient (Wildman–Crippen LogP) is 7.64. The van der Waals surface area contributed by atoms with E-state index in [4.69, 9.17) is 0 Å². The Morgan fingerprint density at radius 3 is 1.65 bits per heavy atom. The second-order valence-corrected chi connectivity index (χ2v) is 9.79. The minimum absolute atomic E-state index is 0.163. The number of hydrogen-bond acceptors (Lipinski definition) is 6. The van der Waals surface area contributed by atoms with E-state index in [2.05, 4.69) is 43.3 Å². The second-order valence-electron chi connectivity index (χ2n) is 9.79. The van der Waals surface area contributed by atoms with Crippen molar-refractivity contribution in [3.05, 3.63) is 81.9 Å². The Morgan fingerprint density at radius 1 is 0.600 bits per heavy atom. The van der Waals surface area contributed by atoms with Gasteiger partial charge in [0.05, 0.1) is 46.2 Å². The summed E-state index contributed by atoms with van der Waals surface area (Å²) in [6, 6.07) is 27.7. The molecule has 0 spiro atoms. The van der Waals surface area contributed by atoms with E-state index in [1.54, 1.807) is 26.0 Å². The van der Waals surface area contributed by atoms with Crippen LogP contribution in [0.25, 0.3) is 22.3 Å². The molecule has 0 aliphatic heterocycles. The molecule has 6 nitrogen and oxygen atoms in total. The fourth-order valence-corrected chi connectivity index (χ4v) is 5.23. The minimum Gasteiger partial charge on any atom is -0.198 e. The van der Waals surface area contributed by atoms with Crippen molar-refractivity contribution >= 4 is 0 Å². The van der Waals surface area contributed by atoms with E-state index in [1.807, 2.05) is 36.4 Å². The van der Waals surface area contributed by atoms with Gasteiger partial charge in [-0.15, -0.1) is 0 Å². The molecule has 0 aromatic heterocycles. The van der Waals surface area contributed by atoms with Crippen LogP contribution in [-0.4, -0.2) is 0 Å². The molecule has 0 saturated carbocycles. The van der Waals surface area contributed by atoms with Crippen molar-refractivity contribution in [2.45, 2.75) is 52.4 Å². The van der Waals surface area contributed by atoms with Crippen LogP contribution < -0.4 is 0 Å². The van der Waals surface area contributed by atoms with Crippen LogP contribution >= 0.6 is 0 Å². The van der Waals surface area contributed by atoms with E-state index >= 15 is 0 Å². The summed E-state index contributed by atoms with van der Waals surface area (Å²) in [4.78, 5) is 0. The van der Waals surface area contributed by atoms with Gasteiger partial charge in [-0.1, -0.05) is 75.2 Å². The lowest BCUT2D eigenvalue weighted by Gasteiger charge is -2.22. The molecule has 3 aromatic carbocycles. The SMILES string of the molecule is CCCCCc1ccc(-c2ccccc2-c2ccc(C(C)C(C#N)C(C)C#N)c(C#N)c2C#N)c(C#N)c1C#N. The molecule has 0 aliphatic carbocycles. The van der Waals surface area contributed by atoms with Crippen molar-refractivity contribution in [3.8, 4) is 58.7 Å². The van der Waals surface area contributed by atoms with Crippen molar-refractivity contribution in [1.82, 2.24) is 0 Å². The van der Waals surface area contributed by atoms with Gasteiger partial charge in [-0.2, -0.15) is 31.6 Å². The zero-order valence-corrected chi connectivity index (χ0v) is 22.9. The maximum Gasteiger partial charge on any atom is 0.101 e. The first-order valence-electron chi connectivity index (χ1n) is 13.2. The summed E-state index contributed by atoms with van der Waals surface area (Å²) in [6.07, 6.45) is 3.73. The van der Waals surface area contributed by atoms with Crippen LogP contribution in [0.3, 0.4) is 0 Å². The number of hydrogen-bond donors (Lipinski definition) is 0. The monoisotopic (exact) mass is 520 g/mol. The fourth-order valence-electron chi connectivity index (χ4n) is 5.23. The van der Waals surface area contributed by atoms with E-state index in [-0.39, 0.29) is 16.7 Å². The molecule has 3 aromatic rings. The normalized spacial score (nSPS) is 12.3. The number of unbranched alkanes of at least 4 members (excludes halogenated alkanes) is 2. The number of nitriles is 6. The van der Waals surface area contributed by atoms with E-state index in [0.29, 0.717) is 39.8 Å². The highest BCUT2D eigenvalue weighted by Gasteiger charge is 2.29. The lowest BCUT2D eigenvalue weighted by Crippen LogP contribution is -2.17. The highest BCUT2D eigenvalue weighted by molar-refractivity contribution is 5.90. The first kappa shape index (κ1) is 29.2. The third kappa shape index (κ3) is 5.55. The molecule has 0 saturated heterocycles. The number of nitrogens with zero attached hydrogens (tertiary/aromatic N) is 6. The Labute approximate surface area is 236 Å². The summed E-state index contributed by atoms with van der Waals surface area (Å²) < 4.78 is 0. The molecule has 6 heteroatoms. The molecule has 0 amide bonds. The molecule has 0 fully saturated rings. The average molecular weight is 521 g/mol. The minimum atomic E-state index is -0.653. The topological polar surface area (TPSA) is 143 Å². The Bertz CT molecular complexity index is 1670. The third-order valence-electron chi connectivity index (χ3n) is 7.45. The van der Waals surface area contributed by atoms with Crippen molar-refractivity contribution < 1.29 is 0 Å². The van der Waals surface area contributed by atoms with Gasteiger partial charge in [-0.25, -0.2) is 0 Å². The maximum absolute atomic E-state index is 10.2. The molecule has 3 atom stereocenters. The number of aryl methyl sites for hydroxylation is 1. The van der Waals surface area contributed by atoms with Gasteiger partial charge in [0, 0.05) is 11.1 Å². The van der Waals surface area contributed by atoms with Crippen LogP contribution in [0.15, 0.2) is 48.5 Å². The molecule has 0 aliphatic rings. The molecule has 3 unspecified atom stereocenters. The van der Waals surface area contributed by atoms with Crippen molar-refractivity contribution in [2.75, 3.05) is 0 Å². The molecule has 40 heavy (non-hydrogen) atoms. The largest absolute Gasteiger partial charge is 0.198 e. The van der Waals surface area contributed by atoms with Gasteiger partial charge in [-0.05, 0) is 47.9 Å². The quantitative estimate of drug-likeness (QED) is 0.265. The standard InChI is InChI=1S/C34H28N6/c1-4-5-6-9-24-12-13-28(33(20-39)31(24)18-37)26-10-7-8-11-27(26)29-15-14-25(32(19-38)34(29)21-40)23(3)30(17-36)22(2)16-35/h7-8,10-15,22-23,30H,4-6,9H2,1-3H3. The Balaban J connectivity index is 2.25. The predicted molar refractivity (Wildman–Crippen MR) is 152 cm³/mol. The Kier molecular flexibility index (Phi) is 9.78. The average Bonchev–Trinajstić information content (AvgIpc) is 2.99. The van der Waals surface area contributed by atoms with Gasteiger partial charge in [-0.3, -0.25) is 0 Å². The van der Waals surface area contributed by atoms with Crippen LogP contribution in [-0.2, 0) is 6.42 Å². The van der Waals surface area contributed by atoms with Crippen molar-refractivity contribution in [2.24, 2.45) is 11.8 Å². The molecular formula is C34H28N6. The Morgan fingerprint density at radius 2 is 1.15 bits per heavy atom. The zero-order valence-electron chi connectivity index (χ0n) is 22.9. The van der Waals surface area contributed by atoms with Crippen LogP contribution in [0.2, 0.25) is 0 Å². The highest BCUT2D eigenvalue weighted by atomic mass is 14.4. The molecule has 0 radical (unpaired) electrons. The van der Waals surface area contributed by atoms with Gasteiger partial charge < -0.3 is 0 Å². The lowest BCUT2D eigenvalue weighted by atomic mass is 9.77. The summed E-state index contributed by atoms with van der Waals surface area (Å²) in [6.45, 7) is 5.57. The summed E-state index contributed by atoms with van der Waals surface area (Å²) in [5.74, 6) is -1.66. The molecule has 0 N–H and O–H groups in total. The van der Waals surface area contributed by atoms with Crippen molar-refractivity contribution in [3.63, 3.8) is 0 Å². The van der Waals surface area contributed by atoms with Crippen LogP contribution in [0, 0.1) is 79.8 Å².